The quantitative estimate of drug-likeness (QED) is 0.424. The normalized spacial score (nSPS) is 10.8. The summed E-state index contributed by atoms with van der Waals surface area (Å²) in [4.78, 5) is 14.9. The Balaban J connectivity index is 1.54. The summed E-state index contributed by atoms with van der Waals surface area (Å²) in [6.45, 7) is 0.312. The van der Waals surface area contributed by atoms with Crippen molar-refractivity contribution < 1.29 is 23.4 Å². The number of hydrogen-bond donors (Lipinski definition) is 3. The van der Waals surface area contributed by atoms with Crippen LogP contribution in [0.5, 0.6) is 5.75 Å². The lowest BCUT2D eigenvalue weighted by Crippen LogP contribution is -2.08. The van der Waals surface area contributed by atoms with Gasteiger partial charge in [-0.05, 0) is 29.8 Å². The van der Waals surface area contributed by atoms with Gasteiger partial charge in [0.2, 0.25) is 0 Å². The lowest BCUT2D eigenvalue weighted by Gasteiger charge is -2.11. The van der Waals surface area contributed by atoms with Crippen LogP contribution in [0.15, 0.2) is 54.6 Å². The highest BCUT2D eigenvalue weighted by atomic mass is 19.1. The third-order valence-corrected chi connectivity index (χ3v) is 4.56. The first-order chi connectivity index (χ1) is 15.0. The van der Waals surface area contributed by atoms with Gasteiger partial charge < -0.3 is 15.2 Å². The Bertz CT molecular complexity index is 1260. The second-order valence-corrected chi connectivity index (χ2v) is 6.54. The molecule has 4 aromatic rings. The van der Waals surface area contributed by atoms with E-state index in [-0.39, 0.29) is 11.6 Å². The van der Waals surface area contributed by atoms with Crippen molar-refractivity contribution in [2.24, 2.45) is 0 Å². The molecule has 0 unspecified atom stereocenters. The molecule has 0 aliphatic carbocycles. The summed E-state index contributed by atoms with van der Waals surface area (Å²) in [7, 11) is 1.21. The molecule has 3 N–H and O–H groups in total. The Hall–Kier alpha value is -4.21. The smallest absolute Gasteiger partial charge is 0.411 e. The number of rotatable bonds is 6. The molecule has 2 aromatic heterocycles. The first kappa shape index (κ1) is 20.1. The predicted molar refractivity (Wildman–Crippen MR) is 110 cm³/mol. The summed E-state index contributed by atoms with van der Waals surface area (Å²) < 4.78 is 34.1. The molecule has 4 rings (SSSR count). The van der Waals surface area contributed by atoms with E-state index in [4.69, 9.17) is 9.84 Å². The third kappa shape index (κ3) is 4.08. The Morgan fingerprint density at radius 3 is 2.61 bits per heavy atom. The van der Waals surface area contributed by atoms with Crippen molar-refractivity contribution >= 4 is 23.4 Å². The topological polar surface area (TPSA) is 101 Å². The molecule has 0 spiro atoms. The van der Waals surface area contributed by atoms with E-state index >= 15 is 0 Å². The summed E-state index contributed by atoms with van der Waals surface area (Å²) in [6, 6.07) is 15.2. The first-order valence-corrected chi connectivity index (χ1v) is 9.17. The number of halogens is 2. The molecule has 10 heteroatoms. The maximum absolute atomic E-state index is 14.3. The Kier molecular flexibility index (Phi) is 5.35. The predicted octanol–water partition coefficient (Wildman–Crippen LogP) is 4.39. The van der Waals surface area contributed by atoms with E-state index in [0.717, 1.165) is 22.9 Å². The van der Waals surface area contributed by atoms with Crippen LogP contribution in [-0.4, -0.2) is 32.9 Å². The highest BCUT2D eigenvalue weighted by Gasteiger charge is 2.14. The number of methoxy groups -OCH3 is 1. The number of carboxylic acid groups (broad SMARTS) is 1. The van der Waals surface area contributed by atoms with E-state index in [1.807, 2.05) is 30.3 Å². The molecule has 0 aliphatic rings. The molecule has 31 heavy (non-hydrogen) atoms. The zero-order valence-corrected chi connectivity index (χ0v) is 16.3. The van der Waals surface area contributed by atoms with Gasteiger partial charge >= 0.3 is 6.09 Å². The fourth-order valence-electron chi connectivity index (χ4n) is 3.12. The maximum atomic E-state index is 14.3. The van der Waals surface area contributed by atoms with Crippen LogP contribution in [0, 0.1) is 11.6 Å². The van der Waals surface area contributed by atoms with E-state index in [1.54, 1.807) is 16.6 Å². The molecule has 2 heterocycles. The molecule has 0 saturated carbocycles. The first-order valence-electron chi connectivity index (χ1n) is 9.17. The van der Waals surface area contributed by atoms with Gasteiger partial charge in [-0.25, -0.2) is 18.1 Å². The highest BCUT2D eigenvalue weighted by Crippen LogP contribution is 2.28. The van der Waals surface area contributed by atoms with Gasteiger partial charge in [-0.2, -0.15) is 4.98 Å². The average Bonchev–Trinajstić information content (AvgIpc) is 3.15. The van der Waals surface area contributed by atoms with Crippen LogP contribution in [0.4, 0.5) is 25.2 Å². The lowest BCUT2D eigenvalue weighted by atomic mass is 10.1. The number of nitrogens with one attached hydrogen (secondary N) is 2. The number of nitrogens with zero attached hydrogens (tertiary/aromatic N) is 3. The van der Waals surface area contributed by atoms with Crippen LogP contribution in [0.25, 0.3) is 16.9 Å². The molecule has 2 aromatic carbocycles. The van der Waals surface area contributed by atoms with E-state index in [1.165, 1.54) is 13.2 Å². The van der Waals surface area contributed by atoms with Crippen molar-refractivity contribution in [3.63, 3.8) is 0 Å². The number of anilines is 2. The van der Waals surface area contributed by atoms with Crippen molar-refractivity contribution in [1.29, 1.82) is 0 Å². The number of fused-ring (bicyclic) bond motifs is 1. The summed E-state index contributed by atoms with van der Waals surface area (Å²) in [5.41, 5.74) is 3.04. The summed E-state index contributed by atoms with van der Waals surface area (Å²) in [6.07, 6.45) is -1.25. The van der Waals surface area contributed by atoms with Crippen molar-refractivity contribution in [2.45, 2.75) is 6.54 Å². The van der Waals surface area contributed by atoms with Gasteiger partial charge in [0, 0.05) is 12.1 Å². The maximum Gasteiger partial charge on any atom is 0.411 e. The SMILES string of the molecule is COc1c(F)ccc(NCc2ccc(-c3cccc4nc(NC(=O)O)nn34)cc2)c1F. The molecule has 0 aliphatic heterocycles. The highest BCUT2D eigenvalue weighted by molar-refractivity contribution is 5.80. The van der Waals surface area contributed by atoms with Gasteiger partial charge in [0.25, 0.3) is 5.95 Å². The minimum atomic E-state index is -1.25. The van der Waals surface area contributed by atoms with Crippen molar-refractivity contribution in [3.05, 3.63) is 71.8 Å². The van der Waals surface area contributed by atoms with Crippen molar-refractivity contribution in [2.75, 3.05) is 17.7 Å². The Labute approximate surface area is 175 Å². The van der Waals surface area contributed by atoms with Crippen LogP contribution in [0.3, 0.4) is 0 Å². The van der Waals surface area contributed by atoms with E-state index in [9.17, 15) is 13.6 Å². The van der Waals surface area contributed by atoms with E-state index < -0.39 is 23.5 Å². The minimum Gasteiger partial charge on any atom is -0.491 e. The average molecular weight is 425 g/mol. The van der Waals surface area contributed by atoms with E-state index in [2.05, 4.69) is 20.7 Å². The number of pyridine rings is 1. The molecule has 0 fully saturated rings. The fourth-order valence-corrected chi connectivity index (χ4v) is 3.12. The number of aromatic nitrogens is 3. The Morgan fingerprint density at radius 1 is 1.13 bits per heavy atom. The molecule has 0 atom stereocenters. The molecule has 0 bridgehead atoms. The fraction of sp³-hybridized carbons (Fsp3) is 0.0952. The summed E-state index contributed by atoms with van der Waals surface area (Å²) in [5, 5.41) is 18.1. The molecule has 0 radical (unpaired) electrons. The third-order valence-electron chi connectivity index (χ3n) is 4.56. The second-order valence-electron chi connectivity index (χ2n) is 6.54. The van der Waals surface area contributed by atoms with Crippen molar-refractivity contribution in [1.82, 2.24) is 14.6 Å². The zero-order chi connectivity index (χ0) is 22.0. The summed E-state index contributed by atoms with van der Waals surface area (Å²) in [5.74, 6) is -2.00. The standard InChI is InChI=1S/C21H17F2N5O3/c1-31-19-14(22)9-10-15(18(19)23)24-11-12-5-7-13(8-6-12)16-3-2-4-17-25-20(26-21(29)30)27-28(16)17/h2-10,24H,11H2,1H3,(H,26,27)(H,29,30). The molecule has 0 saturated heterocycles. The number of hydrogen-bond acceptors (Lipinski definition) is 5. The van der Waals surface area contributed by atoms with Gasteiger partial charge in [-0.15, -0.1) is 5.10 Å². The van der Waals surface area contributed by atoms with E-state index in [0.29, 0.717) is 12.2 Å². The van der Waals surface area contributed by atoms with Crippen molar-refractivity contribution in [3.8, 4) is 17.0 Å². The minimum absolute atomic E-state index is 0.0162. The zero-order valence-electron chi connectivity index (χ0n) is 16.3. The van der Waals surface area contributed by atoms with Crippen LogP contribution >= 0.6 is 0 Å². The molecular formula is C21H17F2N5O3. The van der Waals surface area contributed by atoms with Crippen LogP contribution in [-0.2, 0) is 6.54 Å². The van der Waals surface area contributed by atoms with Gasteiger partial charge in [0.1, 0.15) is 0 Å². The molecule has 8 nitrogen and oxygen atoms in total. The largest absolute Gasteiger partial charge is 0.491 e. The van der Waals surface area contributed by atoms with Crippen LogP contribution < -0.4 is 15.4 Å². The Morgan fingerprint density at radius 2 is 1.90 bits per heavy atom. The molecule has 158 valence electrons. The van der Waals surface area contributed by atoms with Gasteiger partial charge in [-0.1, -0.05) is 30.3 Å². The van der Waals surface area contributed by atoms with Crippen LogP contribution in [0.2, 0.25) is 0 Å². The molecular weight excluding hydrogens is 408 g/mol. The lowest BCUT2D eigenvalue weighted by molar-refractivity contribution is 0.209. The number of benzene rings is 2. The summed E-state index contributed by atoms with van der Waals surface area (Å²) >= 11 is 0. The van der Waals surface area contributed by atoms with Crippen LogP contribution in [0.1, 0.15) is 5.56 Å². The number of carbonyl (C=O) groups is 1. The second kappa shape index (κ2) is 8.27. The van der Waals surface area contributed by atoms with Gasteiger partial charge in [0.05, 0.1) is 18.5 Å². The van der Waals surface area contributed by atoms with Gasteiger partial charge in [-0.3, -0.25) is 5.32 Å². The number of ether oxygens (including phenoxy) is 1. The number of amides is 1. The molecule has 1 amide bonds. The monoisotopic (exact) mass is 425 g/mol. The van der Waals surface area contributed by atoms with Gasteiger partial charge in [0.15, 0.2) is 23.0 Å².